The quantitative estimate of drug-likeness (QED) is 0.238. The van der Waals surface area contributed by atoms with Crippen LogP contribution in [0.15, 0.2) is 54.6 Å². The molecule has 0 atom stereocenters. The Bertz CT molecular complexity index is 1240. The fourth-order valence-corrected chi connectivity index (χ4v) is 4.49. The lowest BCUT2D eigenvalue weighted by atomic mass is 9.81. The molecule has 0 saturated carbocycles. The molecule has 0 heterocycles. The summed E-state index contributed by atoms with van der Waals surface area (Å²) in [6.45, 7) is 4.48. The van der Waals surface area contributed by atoms with Gasteiger partial charge in [-0.05, 0) is 46.5 Å². The molecule has 0 aromatic heterocycles. The summed E-state index contributed by atoms with van der Waals surface area (Å²) < 4.78 is 0. The fraction of sp³-hybridized carbons (Fsp3) is 0.130. The molecule has 0 fully saturated rings. The topological polar surface area (TPSA) is 78.1 Å². The van der Waals surface area contributed by atoms with Gasteiger partial charge in [-0.1, -0.05) is 44.2 Å². The van der Waals surface area contributed by atoms with Crippen LogP contribution in [0, 0.1) is 0 Å². The molecule has 3 nitrogen and oxygen atoms in total. The first-order valence-electron chi connectivity index (χ1n) is 8.84. The summed E-state index contributed by atoms with van der Waals surface area (Å²) >= 11 is 0. The average molecular weight is 339 g/mol. The summed E-state index contributed by atoms with van der Waals surface area (Å²) in [5, 5.41) is 4.05. The molecule has 5 rings (SSSR count). The van der Waals surface area contributed by atoms with Crippen molar-refractivity contribution in [3.8, 4) is 11.1 Å². The SMILES string of the molecule is CC1(C)c2cc(N)ccc2-c2cc3c(N)c4ccccc4c(N)c3cc21. The van der Waals surface area contributed by atoms with E-state index in [9.17, 15) is 0 Å². The van der Waals surface area contributed by atoms with Crippen LogP contribution in [-0.4, -0.2) is 0 Å². The zero-order chi connectivity index (χ0) is 18.2. The summed E-state index contributed by atoms with van der Waals surface area (Å²) in [4.78, 5) is 0. The van der Waals surface area contributed by atoms with Crippen molar-refractivity contribution in [1.82, 2.24) is 0 Å². The zero-order valence-corrected chi connectivity index (χ0v) is 14.9. The number of nitrogens with two attached hydrogens (primary N) is 3. The summed E-state index contributed by atoms with van der Waals surface area (Å²) in [5.74, 6) is 0. The molecule has 1 aliphatic carbocycles. The summed E-state index contributed by atoms with van der Waals surface area (Å²) in [5.41, 5.74) is 26.4. The van der Waals surface area contributed by atoms with Gasteiger partial charge in [0.05, 0.1) is 0 Å². The molecule has 6 N–H and O–H groups in total. The van der Waals surface area contributed by atoms with E-state index in [0.29, 0.717) is 0 Å². The molecule has 0 bridgehead atoms. The zero-order valence-electron chi connectivity index (χ0n) is 14.9. The number of fused-ring (bicyclic) bond motifs is 5. The van der Waals surface area contributed by atoms with Crippen LogP contribution >= 0.6 is 0 Å². The molecule has 4 aromatic rings. The van der Waals surface area contributed by atoms with E-state index in [-0.39, 0.29) is 5.41 Å². The van der Waals surface area contributed by atoms with Crippen LogP contribution < -0.4 is 17.2 Å². The lowest BCUT2D eigenvalue weighted by Gasteiger charge is -2.22. The average Bonchev–Trinajstić information content (AvgIpc) is 2.85. The highest BCUT2D eigenvalue weighted by molar-refractivity contribution is 6.19. The normalized spacial score (nSPS) is 14.5. The third-order valence-electron chi connectivity index (χ3n) is 5.93. The second-order valence-corrected chi connectivity index (χ2v) is 7.75. The van der Waals surface area contributed by atoms with Crippen molar-refractivity contribution < 1.29 is 0 Å². The molecule has 3 heteroatoms. The Balaban J connectivity index is 1.96. The Morgan fingerprint density at radius 3 is 1.85 bits per heavy atom. The molecule has 0 amide bonds. The maximum atomic E-state index is 6.56. The second kappa shape index (κ2) is 4.70. The maximum absolute atomic E-state index is 6.56. The first kappa shape index (κ1) is 15.1. The van der Waals surface area contributed by atoms with Gasteiger partial charge in [0.15, 0.2) is 0 Å². The van der Waals surface area contributed by atoms with Crippen molar-refractivity contribution in [2.75, 3.05) is 17.2 Å². The maximum Gasteiger partial charge on any atom is 0.0475 e. The number of nitrogen functional groups attached to an aromatic ring is 3. The van der Waals surface area contributed by atoms with Crippen molar-refractivity contribution in [2.24, 2.45) is 0 Å². The van der Waals surface area contributed by atoms with Crippen molar-refractivity contribution in [2.45, 2.75) is 19.3 Å². The number of rotatable bonds is 0. The third kappa shape index (κ3) is 1.72. The van der Waals surface area contributed by atoms with Crippen molar-refractivity contribution in [3.05, 3.63) is 65.7 Å². The van der Waals surface area contributed by atoms with Gasteiger partial charge in [-0.3, -0.25) is 0 Å². The van der Waals surface area contributed by atoms with Gasteiger partial charge < -0.3 is 17.2 Å². The van der Waals surface area contributed by atoms with Crippen LogP contribution in [0.2, 0.25) is 0 Å². The molecule has 0 spiro atoms. The Hall–Kier alpha value is -3.20. The van der Waals surface area contributed by atoms with Crippen molar-refractivity contribution >= 4 is 38.6 Å². The Kier molecular flexibility index (Phi) is 2.73. The lowest BCUT2D eigenvalue weighted by Crippen LogP contribution is -2.15. The van der Waals surface area contributed by atoms with Gasteiger partial charge in [0, 0.05) is 44.0 Å². The molecule has 0 radical (unpaired) electrons. The summed E-state index contributed by atoms with van der Waals surface area (Å²) in [6.07, 6.45) is 0. The summed E-state index contributed by atoms with van der Waals surface area (Å²) in [6, 6.07) is 18.7. The molecule has 0 saturated heterocycles. The fourth-order valence-electron chi connectivity index (χ4n) is 4.49. The van der Waals surface area contributed by atoms with Gasteiger partial charge in [0.1, 0.15) is 0 Å². The van der Waals surface area contributed by atoms with Gasteiger partial charge in [0.25, 0.3) is 0 Å². The Morgan fingerprint density at radius 2 is 1.19 bits per heavy atom. The van der Waals surface area contributed by atoms with Crippen molar-refractivity contribution in [1.29, 1.82) is 0 Å². The lowest BCUT2D eigenvalue weighted by molar-refractivity contribution is 0.661. The van der Waals surface area contributed by atoms with Crippen LogP contribution in [0.1, 0.15) is 25.0 Å². The third-order valence-corrected chi connectivity index (χ3v) is 5.93. The van der Waals surface area contributed by atoms with E-state index >= 15 is 0 Å². The van der Waals surface area contributed by atoms with E-state index in [1.165, 1.54) is 22.3 Å². The monoisotopic (exact) mass is 339 g/mol. The number of hydrogen-bond donors (Lipinski definition) is 3. The predicted molar refractivity (Wildman–Crippen MR) is 112 cm³/mol. The predicted octanol–water partition coefficient (Wildman–Crippen LogP) is 5.05. The largest absolute Gasteiger partial charge is 0.399 e. The number of hydrogen-bond acceptors (Lipinski definition) is 3. The minimum Gasteiger partial charge on any atom is -0.399 e. The van der Waals surface area contributed by atoms with E-state index < -0.39 is 0 Å². The number of anilines is 3. The minimum atomic E-state index is -0.124. The molecule has 0 unspecified atom stereocenters. The van der Waals surface area contributed by atoms with Gasteiger partial charge >= 0.3 is 0 Å². The van der Waals surface area contributed by atoms with E-state index in [2.05, 4.69) is 38.1 Å². The number of benzene rings is 4. The van der Waals surface area contributed by atoms with Crippen LogP contribution in [-0.2, 0) is 5.41 Å². The summed E-state index contributed by atoms with van der Waals surface area (Å²) in [7, 11) is 0. The van der Waals surface area contributed by atoms with Gasteiger partial charge in [-0.2, -0.15) is 0 Å². The van der Waals surface area contributed by atoms with E-state index in [4.69, 9.17) is 17.2 Å². The minimum absolute atomic E-state index is 0.124. The van der Waals surface area contributed by atoms with Crippen LogP contribution in [0.5, 0.6) is 0 Å². The molecule has 26 heavy (non-hydrogen) atoms. The highest BCUT2D eigenvalue weighted by Crippen LogP contribution is 2.52. The molecule has 1 aliphatic rings. The molecule has 4 aromatic carbocycles. The van der Waals surface area contributed by atoms with Gasteiger partial charge in [0.2, 0.25) is 0 Å². The molecule has 128 valence electrons. The molecular formula is C23H21N3. The highest BCUT2D eigenvalue weighted by atomic mass is 14.6. The Labute approximate surface area is 152 Å². The second-order valence-electron chi connectivity index (χ2n) is 7.75. The van der Waals surface area contributed by atoms with Gasteiger partial charge in [-0.25, -0.2) is 0 Å². The van der Waals surface area contributed by atoms with E-state index in [1.807, 2.05) is 30.3 Å². The van der Waals surface area contributed by atoms with Crippen LogP contribution in [0.3, 0.4) is 0 Å². The van der Waals surface area contributed by atoms with Crippen LogP contribution in [0.4, 0.5) is 17.1 Å². The van der Waals surface area contributed by atoms with E-state index in [0.717, 1.165) is 38.6 Å². The molecule has 0 aliphatic heterocycles. The van der Waals surface area contributed by atoms with E-state index in [1.54, 1.807) is 0 Å². The van der Waals surface area contributed by atoms with Crippen molar-refractivity contribution in [3.63, 3.8) is 0 Å². The molecular weight excluding hydrogens is 318 g/mol. The smallest absolute Gasteiger partial charge is 0.0475 e. The standard InChI is InChI=1S/C23H21N3/c1-23(2)19-9-12(24)7-8-13(19)16-10-17-18(11-20(16)23)22(26)15-6-4-3-5-14(15)21(17)25/h3-11H,24-26H2,1-2H3. The Morgan fingerprint density at radius 1 is 0.615 bits per heavy atom. The first-order chi connectivity index (χ1) is 12.4. The van der Waals surface area contributed by atoms with Gasteiger partial charge in [-0.15, -0.1) is 0 Å². The highest BCUT2D eigenvalue weighted by Gasteiger charge is 2.36. The first-order valence-corrected chi connectivity index (χ1v) is 8.84. The van der Waals surface area contributed by atoms with Crippen LogP contribution in [0.25, 0.3) is 32.7 Å².